The Hall–Kier alpha value is -4.58. The minimum Gasteiger partial charge on any atom is -0.480 e. The van der Waals surface area contributed by atoms with E-state index < -0.39 is 53.5 Å². The normalized spacial score (nSPS) is 18.6. The molecule has 2 aliphatic heterocycles. The molecular formula is C22H27N5O12S. The number of oxime groups is 1. The molecule has 0 spiro atoms. The van der Waals surface area contributed by atoms with Crippen molar-refractivity contribution >= 4 is 53.3 Å². The van der Waals surface area contributed by atoms with Crippen LogP contribution in [-0.4, -0.2) is 95.3 Å². The number of carboxylic acid groups (broad SMARTS) is 1. The number of primary amides is 1. The van der Waals surface area contributed by atoms with Gasteiger partial charge in [0.15, 0.2) is 5.76 Å². The van der Waals surface area contributed by atoms with Gasteiger partial charge in [-0.25, -0.2) is 9.59 Å². The SMILES string of the molecule is CO/N=C(/C(=O)N[C@@H]1C(=O)N2C(C(=O)OC(C)OC(C)=O)=C(COC(N)=O)CS[C@H]12)c1ccco1.NCC(=O)O. The number of hydrogen-bond donors (Lipinski definition) is 4. The molecule has 0 aromatic carbocycles. The molecule has 0 bridgehead atoms. The summed E-state index contributed by atoms with van der Waals surface area (Å²) in [6, 6.07) is 2.03. The largest absolute Gasteiger partial charge is 0.480 e. The Kier molecular flexibility index (Phi) is 11.5. The zero-order valence-electron chi connectivity index (χ0n) is 21.5. The number of β-lactam (4-membered cyclic amide) rings is 1. The van der Waals surface area contributed by atoms with Crippen LogP contribution in [0.3, 0.4) is 0 Å². The zero-order valence-corrected chi connectivity index (χ0v) is 22.3. The number of carbonyl (C=O) groups is 6. The molecule has 3 atom stereocenters. The van der Waals surface area contributed by atoms with Crippen molar-refractivity contribution < 1.29 is 57.3 Å². The topological polar surface area (TPSA) is 252 Å². The maximum atomic E-state index is 13.0. The standard InChI is InChI=1S/C20H22N4O10S.C2H5NO2/c1-9(25)33-10(2)34-19(28)15-11(7-32-20(21)29)8-35-18-14(17(27)24(15)18)22-16(26)13(23-30-3)12-5-4-6-31-12;3-1-2(4)5/h4-6,10,14,18H,7-8H2,1-3H3,(H2,21,29)(H,22,26);1,3H2,(H,4,5)/b23-13+;/t10?,14-,18-;/m1./s1. The summed E-state index contributed by atoms with van der Waals surface area (Å²) in [5.74, 6) is -3.72. The monoisotopic (exact) mass is 585 g/mol. The van der Waals surface area contributed by atoms with Gasteiger partial charge in [0.2, 0.25) is 12.0 Å². The highest BCUT2D eigenvalue weighted by Crippen LogP contribution is 2.41. The molecule has 3 rings (SSSR count). The predicted molar refractivity (Wildman–Crippen MR) is 134 cm³/mol. The molecule has 3 amide bonds. The number of rotatable bonds is 10. The Morgan fingerprint density at radius 2 is 1.98 bits per heavy atom. The fourth-order valence-corrected chi connectivity index (χ4v) is 4.65. The highest BCUT2D eigenvalue weighted by Gasteiger charge is 2.55. The number of fused-ring (bicyclic) bond motifs is 1. The summed E-state index contributed by atoms with van der Waals surface area (Å²) < 4.78 is 19.9. The maximum Gasteiger partial charge on any atom is 0.404 e. The number of aliphatic carboxylic acids is 1. The van der Waals surface area contributed by atoms with Gasteiger partial charge in [0.1, 0.15) is 30.8 Å². The number of carbonyl (C=O) groups excluding carboxylic acids is 5. The Labute approximate surface area is 230 Å². The van der Waals surface area contributed by atoms with Gasteiger partial charge in [-0.2, -0.15) is 0 Å². The van der Waals surface area contributed by atoms with E-state index in [0.717, 1.165) is 11.8 Å². The number of nitrogens with one attached hydrogen (secondary N) is 1. The van der Waals surface area contributed by atoms with Crippen molar-refractivity contribution in [1.29, 1.82) is 0 Å². The van der Waals surface area contributed by atoms with E-state index in [4.69, 9.17) is 34.3 Å². The molecule has 0 saturated carbocycles. The molecule has 1 aromatic heterocycles. The van der Waals surface area contributed by atoms with E-state index in [1.54, 1.807) is 6.07 Å². The number of amides is 3. The van der Waals surface area contributed by atoms with Crippen LogP contribution in [0.4, 0.5) is 4.79 Å². The predicted octanol–water partition coefficient (Wildman–Crippen LogP) is -1.14. The zero-order chi connectivity index (χ0) is 30.0. The Balaban J connectivity index is 0.00000103. The molecular weight excluding hydrogens is 558 g/mol. The van der Waals surface area contributed by atoms with Crippen molar-refractivity contribution in [2.45, 2.75) is 31.6 Å². The number of thioether (sulfide) groups is 1. The summed E-state index contributed by atoms with van der Waals surface area (Å²) in [7, 11) is 1.25. The van der Waals surface area contributed by atoms with Crippen LogP contribution in [0.5, 0.6) is 0 Å². The highest BCUT2D eigenvalue weighted by molar-refractivity contribution is 8.00. The number of carboxylic acids is 1. The first-order chi connectivity index (χ1) is 18.9. The highest BCUT2D eigenvalue weighted by atomic mass is 32.2. The van der Waals surface area contributed by atoms with Gasteiger partial charge in [-0.1, -0.05) is 5.16 Å². The van der Waals surface area contributed by atoms with Crippen molar-refractivity contribution in [3.8, 4) is 0 Å². The minimum absolute atomic E-state index is 0.124. The molecule has 0 aliphatic carbocycles. The van der Waals surface area contributed by atoms with Crippen LogP contribution in [0.25, 0.3) is 0 Å². The van der Waals surface area contributed by atoms with Crippen molar-refractivity contribution in [2.75, 3.05) is 26.0 Å². The van der Waals surface area contributed by atoms with E-state index in [1.165, 1.54) is 38.1 Å². The number of nitrogens with two attached hydrogens (primary N) is 2. The van der Waals surface area contributed by atoms with E-state index >= 15 is 0 Å². The van der Waals surface area contributed by atoms with Crippen molar-refractivity contribution in [3.63, 3.8) is 0 Å². The van der Waals surface area contributed by atoms with E-state index in [1.807, 2.05) is 0 Å². The molecule has 2 aliphatic rings. The van der Waals surface area contributed by atoms with Gasteiger partial charge in [0.25, 0.3) is 11.8 Å². The molecule has 0 radical (unpaired) electrons. The van der Waals surface area contributed by atoms with Crippen LogP contribution in [0.15, 0.2) is 39.2 Å². The molecule has 40 heavy (non-hydrogen) atoms. The van der Waals surface area contributed by atoms with Crippen LogP contribution < -0.4 is 16.8 Å². The number of ether oxygens (including phenoxy) is 3. The fourth-order valence-electron chi connectivity index (χ4n) is 3.32. The van der Waals surface area contributed by atoms with E-state index in [-0.39, 0.29) is 41.6 Å². The molecule has 1 saturated heterocycles. The lowest BCUT2D eigenvalue weighted by atomic mass is 10.0. The molecule has 18 heteroatoms. The maximum absolute atomic E-state index is 13.0. The summed E-state index contributed by atoms with van der Waals surface area (Å²) in [6.45, 7) is 1.81. The van der Waals surface area contributed by atoms with E-state index in [9.17, 15) is 28.8 Å². The van der Waals surface area contributed by atoms with Gasteiger partial charge in [0.05, 0.1) is 12.8 Å². The Morgan fingerprint density at radius 3 is 2.50 bits per heavy atom. The van der Waals surface area contributed by atoms with Gasteiger partial charge >= 0.3 is 24.0 Å². The molecule has 218 valence electrons. The lowest BCUT2D eigenvalue weighted by molar-refractivity contribution is -0.182. The molecule has 3 heterocycles. The summed E-state index contributed by atoms with van der Waals surface area (Å²) in [5, 5.41) is 13.1. The minimum atomic E-state index is -1.24. The van der Waals surface area contributed by atoms with Gasteiger partial charge in [0, 0.05) is 25.2 Å². The summed E-state index contributed by atoms with van der Waals surface area (Å²) >= 11 is 1.21. The lowest BCUT2D eigenvalue weighted by Crippen LogP contribution is -2.71. The van der Waals surface area contributed by atoms with Crippen LogP contribution >= 0.6 is 11.8 Å². The van der Waals surface area contributed by atoms with Crippen LogP contribution in [0.1, 0.15) is 19.6 Å². The van der Waals surface area contributed by atoms with Crippen LogP contribution in [0.2, 0.25) is 0 Å². The molecule has 1 aromatic rings. The number of nitrogens with zero attached hydrogens (tertiary/aromatic N) is 2. The second-order valence-electron chi connectivity index (χ2n) is 7.70. The third-order valence-electron chi connectivity index (χ3n) is 4.85. The fraction of sp³-hybridized carbons (Fsp3) is 0.409. The van der Waals surface area contributed by atoms with Gasteiger partial charge in [-0.15, -0.1) is 11.8 Å². The first-order valence-electron chi connectivity index (χ1n) is 11.3. The number of esters is 2. The van der Waals surface area contributed by atoms with Gasteiger partial charge in [-0.05, 0) is 12.1 Å². The van der Waals surface area contributed by atoms with Crippen molar-refractivity contribution in [2.24, 2.45) is 16.6 Å². The Morgan fingerprint density at radius 1 is 1.30 bits per heavy atom. The van der Waals surface area contributed by atoms with Crippen molar-refractivity contribution in [1.82, 2.24) is 10.2 Å². The van der Waals surface area contributed by atoms with Crippen molar-refractivity contribution in [3.05, 3.63) is 35.4 Å². The lowest BCUT2D eigenvalue weighted by Gasteiger charge is -2.49. The van der Waals surface area contributed by atoms with E-state index in [0.29, 0.717) is 0 Å². The third-order valence-corrected chi connectivity index (χ3v) is 6.19. The molecule has 1 fully saturated rings. The van der Waals surface area contributed by atoms with Crippen LogP contribution in [0, 0.1) is 0 Å². The first-order valence-corrected chi connectivity index (χ1v) is 12.3. The summed E-state index contributed by atoms with van der Waals surface area (Å²) in [5.41, 5.74) is 9.46. The average molecular weight is 586 g/mol. The average Bonchev–Trinajstić information content (AvgIpc) is 3.42. The summed E-state index contributed by atoms with van der Waals surface area (Å²) in [6.07, 6.45) is -0.976. The first kappa shape index (κ1) is 31.6. The second-order valence-corrected chi connectivity index (χ2v) is 8.81. The van der Waals surface area contributed by atoms with Crippen LogP contribution in [-0.2, 0) is 43.0 Å². The summed E-state index contributed by atoms with van der Waals surface area (Å²) in [4.78, 5) is 75.9. The quantitative estimate of drug-likeness (QED) is 0.0833. The smallest absolute Gasteiger partial charge is 0.404 e. The second kappa shape index (κ2) is 14.5. The molecule has 6 N–H and O–H groups in total. The van der Waals surface area contributed by atoms with Gasteiger partial charge < -0.3 is 45.4 Å². The molecule has 17 nitrogen and oxygen atoms in total. The Bertz CT molecular complexity index is 1200. The van der Waals surface area contributed by atoms with E-state index in [2.05, 4.69) is 16.2 Å². The number of hydrogen-bond acceptors (Lipinski definition) is 14. The third kappa shape index (κ3) is 8.21. The van der Waals surface area contributed by atoms with Gasteiger partial charge in [-0.3, -0.25) is 24.1 Å². The molecule has 1 unspecified atom stereocenters. The number of furan rings is 1.